The topological polar surface area (TPSA) is 103 Å². The smallest absolute Gasteiger partial charge is 0.381 e. The first-order chi connectivity index (χ1) is 14.1. The lowest BCUT2D eigenvalue weighted by atomic mass is 9.98. The highest BCUT2D eigenvalue weighted by Crippen LogP contribution is 2.45. The lowest BCUT2D eigenvalue weighted by Crippen LogP contribution is -2.59. The third-order valence-corrected chi connectivity index (χ3v) is 4.55. The minimum Gasteiger partial charge on any atom is -0.381 e. The summed E-state index contributed by atoms with van der Waals surface area (Å²) in [5, 5.41) is 6.54. The van der Waals surface area contributed by atoms with Gasteiger partial charge in [0.2, 0.25) is 0 Å². The van der Waals surface area contributed by atoms with Crippen LogP contribution in [0.5, 0.6) is 0 Å². The van der Waals surface area contributed by atoms with Crippen LogP contribution in [-0.2, 0) is 6.54 Å². The number of rotatable bonds is 10. The normalized spacial score (nSPS) is 16.3. The number of nitrogens with zero attached hydrogens (tertiary/aromatic N) is 4. The quantitative estimate of drug-likeness (QED) is 0.0788. The van der Waals surface area contributed by atoms with E-state index < -0.39 is 35.5 Å². The number of allylic oxidation sites excluding steroid dienone is 3. The number of aldehydes is 1. The van der Waals surface area contributed by atoms with Crippen LogP contribution in [0.3, 0.4) is 0 Å². The summed E-state index contributed by atoms with van der Waals surface area (Å²) >= 11 is 6.18. The van der Waals surface area contributed by atoms with Gasteiger partial charge in [0.05, 0.1) is 23.3 Å². The minimum absolute atomic E-state index is 0.000604. The molecule has 31 heavy (non-hydrogen) atoms. The third kappa shape index (κ3) is 5.79. The zero-order valence-corrected chi connectivity index (χ0v) is 17.3. The third-order valence-electron chi connectivity index (χ3n) is 4.12. The zero-order valence-electron chi connectivity index (χ0n) is 16.5. The number of hydrazone groups is 1. The van der Waals surface area contributed by atoms with E-state index in [1.807, 2.05) is 0 Å². The summed E-state index contributed by atoms with van der Waals surface area (Å²) in [4.78, 5) is 11.3. The van der Waals surface area contributed by atoms with Gasteiger partial charge >= 0.3 is 12.1 Å². The van der Waals surface area contributed by atoms with E-state index in [1.165, 1.54) is 6.07 Å². The van der Waals surface area contributed by atoms with Crippen molar-refractivity contribution in [3.8, 4) is 0 Å². The largest absolute Gasteiger partial charge is 0.428 e. The first kappa shape index (κ1) is 26.5. The van der Waals surface area contributed by atoms with Crippen LogP contribution in [0.1, 0.15) is 36.5 Å². The van der Waals surface area contributed by atoms with Crippen LogP contribution in [0, 0.1) is 0 Å². The van der Waals surface area contributed by atoms with Crippen molar-refractivity contribution in [2.45, 2.75) is 50.0 Å². The Morgan fingerprint density at radius 1 is 1.39 bits per heavy atom. The van der Waals surface area contributed by atoms with E-state index in [2.05, 4.69) is 16.8 Å². The predicted molar refractivity (Wildman–Crippen MR) is 104 cm³/mol. The minimum atomic E-state index is -5.92. The number of hydrogen-bond acceptors (Lipinski definition) is 5. The number of aromatic nitrogens is 2. The maximum absolute atomic E-state index is 13.9. The molecule has 0 amide bonds. The van der Waals surface area contributed by atoms with Crippen molar-refractivity contribution in [2.75, 3.05) is 0 Å². The standard InChI is InChI=1S/C17H21ClF6N6O/c1-4-5-6-13(18)10(2)30-12(9-31)7-11(27-30)8-29(26)28-14(25)16(20,21)15(3,19)17(22,23)24/h4-5,7,9,13H,2,6,8,26H2,1,3H3,(H2,25,28)/b5-4-. The summed E-state index contributed by atoms with van der Waals surface area (Å²) < 4.78 is 80.3. The van der Waals surface area contributed by atoms with Crippen LogP contribution < -0.4 is 11.6 Å². The Morgan fingerprint density at radius 2 is 1.97 bits per heavy atom. The molecule has 174 valence electrons. The van der Waals surface area contributed by atoms with E-state index in [9.17, 15) is 31.1 Å². The lowest BCUT2D eigenvalue weighted by Gasteiger charge is -2.31. The van der Waals surface area contributed by atoms with Gasteiger partial charge in [0.25, 0.3) is 5.67 Å². The molecule has 0 aliphatic heterocycles. The molecule has 0 aromatic carbocycles. The van der Waals surface area contributed by atoms with E-state index >= 15 is 0 Å². The summed E-state index contributed by atoms with van der Waals surface area (Å²) in [5.74, 6) is -1.81. The van der Waals surface area contributed by atoms with E-state index in [-0.39, 0.29) is 29.1 Å². The van der Waals surface area contributed by atoms with Crippen LogP contribution in [0.4, 0.5) is 26.3 Å². The molecule has 1 aromatic heterocycles. The molecule has 0 spiro atoms. The molecule has 1 aromatic rings. The van der Waals surface area contributed by atoms with E-state index in [0.717, 1.165) is 4.68 Å². The van der Waals surface area contributed by atoms with Crippen molar-refractivity contribution >= 4 is 29.4 Å². The summed E-state index contributed by atoms with van der Waals surface area (Å²) in [5.41, 5.74) is 0.139. The SMILES string of the molecule is C=C(C(Cl)C/C=C\C)n1nc(CN(N)/N=C(\N)C(F)(F)C(C)(F)C(F)(F)F)cc1C=O. The molecule has 1 rings (SSSR count). The highest BCUT2D eigenvalue weighted by atomic mass is 35.5. The van der Waals surface area contributed by atoms with Crippen LogP contribution >= 0.6 is 11.6 Å². The zero-order chi connectivity index (χ0) is 24.2. The Bertz CT molecular complexity index is 864. The molecule has 0 bridgehead atoms. The number of carbonyl (C=O) groups is 1. The van der Waals surface area contributed by atoms with Crippen molar-refractivity contribution in [1.29, 1.82) is 0 Å². The molecule has 0 saturated heterocycles. The molecular formula is C17H21ClF6N6O. The van der Waals surface area contributed by atoms with E-state index in [0.29, 0.717) is 12.7 Å². The Morgan fingerprint density at radius 3 is 2.45 bits per heavy atom. The fourth-order valence-corrected chi connectivity index (χ4v) is 2.38. The number of amidine groups is 1. The molecule has 4 N–H and O–H groups in total. The average molecular weight is 475 g/mol. The average Bonchev–Trinajstić information content (AvgIpc) is 3.06. The number of alkyl halides is 7. The van der Waals surface area contributed by atoms with Gasteiger partial charge < -0.3 is 5.73 Å². The van der Waals surface area contributed by atoms with Crippen LogP contribution in [0.15, 0.2) is 29.9 Å². The second-order valence-corrected chi connectivity index (χ2v) is 7.04. The lowest BCUT2D eigenvalue weighted by molar-refractivity contribution is -0.276. The molecule has 7 nitrogen and oxygen atoms in total. The maximum atomic E-state index is 13.9. The monoisotopic (exact) mass is 474 g/mol. The molecule has 2 unspecified atom stereocenters. The molecule has 0 saturated carbocycles. The van der Waals surface area contributed by atoms with Gasteiger partial charge in [-0.2, -0.15) is 27.1 Å². The predicted octanol–water partition coefficient (Wildman–Crippen LogP) is 3.61. The molecule has 0 aliphatic rings. The molecule has 0 aliphatic carbocycles. The van der Waals surface area contributed by atoms with Crippen molar-refractivity contribution in [3.05, 3.63) is 36.2 Å². The Labute approximate surface area is 179 Å². The van der Waals surface area contributed by atoms with Crippen molar-refractivity contribution < 1.29 is 31.1 Å². The number of nitrogens with two attached hydrogens (primary N) is 2. The van der Waals surface area contributed by atoms with Gasteiger partial charge in [0, 0.05) is 0 Å². The van der Waals surface area contributed by atoms with Gasteiger partial charge in [-0.05, 0) is 26.3 Å². The highest BCUT2D eigenvalue weighted by molar-refractivity contribution is 6.25. The number of hydrogen-bond donors (Lipinski definition) is 2. The number of carbonyl (C=O) groups excluding carboxylic acids is 1. The van der Waals surface area contributed by atoms with Gasteiger partial charge in [-0.1, -0.05) is 18.7 Å². The molecule has 0 radical (unpaired) electrons. The van der Waals surface area contributed by atoms with Gasteiger partial charge in [-0.15, -0.1) is 16.7 Å². The van der Waals surface area contributed by atoms with Crippen LogP contribution in [-0.4, -0.2) is 50.2 Å². The fourth-order valence-electron chi connectivity index (χ4n) is 2.18. The molecular weight excluding hydrogens is 454 g/mol. The van der Waals surface area contributed by atoms with E-state index in [1.54, 1.807) is 19.1 Å². The second-order valence-electron chi connectivity index (χ2n) is 6.51. The fraction of sp³-hybridized carbons (Fsp3) is 0.471. The second kappa shape index (κ2) is 9.73. The Balaban J connectivity index is 3.09. The van der Waals surface area contributed by atoms with Crippen LogP contribution in [0.2, 0.25) is 0 Å². The number of hydrazine groups is 1. The van der Waals surface area contributed by atoms with E-state index in [4.69, 9.17) is 23.2 Å². The summed E-state index contributed by atoms with van der Waals surface area (Å²) in [6.45, 7) is 4.60. The summed E-state index contributed by atoms with van der Waals surface area (Å²) in [6.07, 6.45) is -1.61. The summed E-state index contributed by atoms with van der Waals surface area (Å²) in [6, 6.07) is 1.20. The number of halogens is 7. The van der Waals surface area contributed by atoms with Gasteiger partial charge in [0.1, 0.15) is 5.69 Å². The van der Waals surface area contributed by atoms with Crippen molar-refractivity contribution in [2.24, 2.45) is 16.7 Å². The highest BCUT2D eigenvalue weighted by Gasteiger charge is 2.70. The Kier molecular flexibility index (Phi) is 8.31. The van der Waals surface area contributed by atoms with Gasteiger partial charge in [0.15, 0.2) is 12.1 Å². The van der Waals surface area contributed by atoms with Crippen molar-refractivity contribution in [3.63, 3.8) is 0 Å². The Hall–Kier alpha value is -2.54. The molecule has 2 atom stereocenters. The first-order valence-corrected chi connectivity index (χ1v) is 9.02. The molecule has 0 fully saturated rings. The molecule has 14 heteroatoms. The summed E-state index contributed by atoms with van der Waals surface area (Å²) in [7, 11) is 0. The van der Waals surface area contributed by atoms with Gasteiger partial charge in [-0.3, -0.25) is 4.79 Å². The molecule has 1 heterocycles. The van der Waals surface area contributed by atoms with Gasteiger partial charge in [-0.25, -0.2) is 20.0 Å². The first-order valence-electron chi connectivity index (χ1n) is 8.58. The van der Waals surface area contributed by atoms with Crippen LogP contribution in [0.25, 0.3) is 5.70 Å². The van der Waals surface area contributed by atoms with Crippen molar-refractivity contribution in [1.82, 2.24) is 14.9 Å². The maximum Gasteiger partial charge on any atom is 0.428 e.